The Morgan fingerprint density at radius 2 is 2.00 bits per heavy atom. The van der Waals surface area contributed by atoms with Crippen molar-refractivity contribution in [2.45, 2.75) is 39.1 Å². The lowest BCUT2D eigenvalue weighted by Crippen LogP contribution is -2.37. The summed E-state index contributed by atoms with van der Waals surface area (Å²) < 4.78 is 27.4. The fourth-order valence-corrected chi connectivity index (χ4v) is 4.09. The van der Waals surface area contributed by atoms with Crippen LogP contribution >= 0.6 is 0 Å². The second-order valence-corrected chi connectivity index (χ2v) is 7.79. The summed E-state index contributed by atoms with van der Waals surface area (Å²) in [6.45, 7) is 7.64. The number of rotatable bonds is 7. The Balaban J connectivity index is 2.01. The van der Waals surface area contributed by atoms with E-state index < -0.39 is 10.0 Å². The van der Waals surface area contributed by atoms with Gasteiger partial charge in [0.25, 0.3) is 0 Å². The summed E-state index contributed by atoms with van der Waals surface area (Å²) in [7, 11) is -3.66. The molecule has 0 fully saturated rings. The van der Waals surface area contributed by atoms with E-state index in [0.717, 1.165) is 11.1 Å². The van der Waals surface area contributed by atoms with Gasteiger partial charge in [0.2, 0.25) is 15.9 Å². The van der Waals surface area contributed by atoms with Gasteiger partial charge >= 0.3 is 0 Å². The van der Waals surface area contributed by atoms with E-state index in [-0.39, 0.29) is 17.3 Å². The van der Waals surface area contributed by atoms with E-state index in [9.17, 15) is 13.2 Å². The number of amides is 1. The first-order valence-corrected chi connectivity index (χ1v) is 9.51. The standard InChI is InChI=1S/C17H24N4O3S/c1-12-6-5-7-16(10-12)11-21(15(4)22)9-8-18-25(23,24)17-13(2)19-20-14(17)3/h5-7,10,18H,8-9,11H2,1-4H3,(H,19,20). The molecule has 0 saturated heterocycles. The van der Waals surface area contributed by atoms with Gasteiger partial charge in [-0.25, -0.2) is 13.1 Å². The Hall–Kier alpha value is -2.19. The predicted molar refractivity (Wildman–Crippen MR) is 95.5 cm³/mol. The number of carbonyl (C=O) groups excluding carboxylic acids is 1. The second-order valence-electron chi connectivity index (χ2n) is 6.09. The van der Waals surface area contributed by atoms with E-state index in [1.807, 2.05) is 31.2 Å². The van der Waals surface area contributed by atoms with Gasteiger partial charge in [-0.1, -0.05) is 29.8 Å². The van der Waals surface area contributed by atoms with E-state index in [4.69, 9.17) is 0 Å². The second kappa shape index (κ2) is 7.79. The van der Waals surface area contributed by atoms with E-state index in [1.165, 1.54) is 6.92 Å². The molecule has 0 saturated carbocycles. The summed E-state index contributed by atoms with van der Waals surface area (Å²) in [5.41, 5.74) is 3.05. The summed E-state index contributed by atoms with van der Waals surface area (Å²) in [6.07, 6.45) is 0. The number of carbonyl (C=O) groups is 1. The van der Waals surface area contributed by atoms with E-state index >= 15 is 0 Å². The van der Waals surface area contributed by atoms with Crippen molar-refractivity contribution >= 4 is 15.9 Å². The molecule has 0 spiro atoms. The zero-order valence-electron chi connectivity index (χ0n) is 15.0. The van der Waals surface area contributed by atoms with Crippen LogP contribution in [0.1, 0.15) is 29.4 Å². The van der Waals surface area contributed by atoms with Crippen LogP contribution in [0.5, 0.6) is 0 Å². The molecule has 0 unspecified atom stereocenters. The van der Waals surface area contributed by atoms with Crippen LogP contribution in [-0.2, 0) is 21.4 Å². The SMILES string of the molecule is CC(=O)N(CCNS(=O)(=O)c1c(C)n[nH]c1C)Cc1cccc(C)c1. The van der Waals surface area contributed by atoms with Gasteiger partial charge in [0.15, 0.2) is 0 Å². The monoisotopic (exact) mass is 364 g/mol. The smallest absolute Gasteiger partial charge is 0.244 e. The van der Waals surface area contributed by atoms with Crippen molar-refractivity contribution < 1.29 is 13.2 Å². The van der Waals surface area contributed by atoms with Crippen molar-refractivity contribution in [3.05, 3.63) is 46.8 Å². The largest absolute Gasteiger partial charge is 0.337 e. The molecule has 1 heterocycles. The number of aromatic nitrogens is 2. The number of aromatic amines is 1. The maximum atomic E-state index is 12.4. The molecular weight excluding hydrogens is 340 g/mol. The number of benzene rings is 1. The van der Waals surface area contributed by atoms with Gasteiger partial charge in [-0.05, 0) is 26.3 Å². The predicted octanol–water partition coefficient (Wildman–Crippen LogP) is 1.66. The Morgan fingerprint density at radius 1 is 1.28 bits per heavy atom. The maximum Gasteiger partial charge on any atom is 0.244 e. The summed E-state index contributed by atoms with van der Waals surface area (Å²) in [6, 6.07) is 7.89. The molecule has 8 heteroatoms. The molecule has 0 aliphatic heterocycles. The van der Waals surface area contributed by atoms with Gasteiger partial charge in [0, 0.05) is 26.6 Å². The Bertz CT molecular complexity index is 839. The highest BCUT2D eigenvalue weighted by molar-refractivity contribution is 7.89. The summed E-state index contributed by atoms with van der Waals surface area (Å²) in [5.74, 6) is -0.101. The normalized spacial score (nSPS) is 11.5. The molecule has 1 amide bonds. The minimum atomic E-state index is -3.66. The van der Waals surface area contributed by atoms with E-state index in [0.29, 0.717) is 24.5 Å². The molecule has 1 aromatic heterocycles. The lowest BCUT2D eigenvalue weighted by molar-refractivity contribution is -0.129. The van der Waals surface area contributed by atoms with Crippen LogP contribution in [0.2, 0.25) is 0 Å². The number of sulfonamides is 1. The molecule has 7 nitrogen and oxygen atoms in total. The highest BCUT2D eigenvalue weighted by Crippen LogP contribution is 2.16. The van der Waals surface area contributed by atoms with Crippen molar-refractivity contribution in [2.24, 2.45) is 0 Å². The van der Waals surface area contributed by atoms with E-state index in [1.54, 1.807) is 18.7 Å². The molecule has 2 aromatic rings. The fraction of sp³-hybridized carbons (Fsp3) is 0.412. The zero-order valence-corrected chi connectivity index (χ0v) is 15.8. The van der Waals surface area contributed by atoms with Gasteiger partial charge in [0.05, 0.1) is 11.4 Å². The van der Waals surface area contributed by atoms with Crippen LogP contribution in [-0.4, -0.2) is 42.5 Å². The third-order valence-corrected chi connectivity index (χ3v) is 5.63. The number of nitrogens with one attached hydrogen (secondary N) is 2. The number of H-pyrrole nitrogens is 1. The topological polar surface area (TPSA) is 95.2 Å². The quantitative estimate of drug-likeness (QED) is 0.781. The lowest BCUT2D eigenvalue weighted by Gasteiger charge is -2.21. The highest BCUT2D eigenvalue weighted by atomic mass is 32.2. The summed E-state index contributed by atoms with van der Waals surface area (Å²) in [5, 5.41) is 6.57. The Labute approximate surface area is 148 Å². The molecule has 0 atom stereocenters. The van der Waals surface area contributed by atoms with Crippen LogP contribution in [0, 0.1) is 20.8 Å². The first-order chi connectivity index (χ1) is 11.7. The van der Waals surface area contributed by atoms with Gasteiger partial charge in [-0.2, -0.15) is 5.10 Å². The molecule has 0 bridgehead atoms. The van der Waals surface area contributed by atoms with Gasteiger partial charge in [-0.15, -0.1) is 0 Å². The number of hydrogen-bond acceptors (Lipinski definition) is 4. The van der Waals surface area contributed by atoms with Crippen LogP contribution in [0.4, 0.5) is 0 Å². The number of nitrogens with zero attached hydrogens (tertiary/aromatic N) is 2. The van der Waals surface area contributed by atoms with Crippen LogP contribution in [0.15, 0.2) is 29.2 Å². The number of aryl methyl sites for hydroxylation is 3. The highest BCUT2D eigenvalue weighted by Gasteiger charge is 2.22. The van der Waals surface area contributed by atoms with Gasteiger partial charge in [-0.3, -0.25) is 9.89 Å². The summed E-state index contributed by atoms with van der Waals surface area (Å²) in [4.78, 5) is 13.6. The van der Waals surface area contributed by atoms with Gasteiger partial charge < -0.3 is 4.90 Å². The molecule has 25 heavy (non-hydrogen) atoms. The van der Waals surface area contributed by atoms with Crippen LogP contribution in [0.3, 0.4) is 0 Å². The van der Waals surface area contributed by atoms with Crippen LogP contribution < -0.4 is 4.72 Å². The lowest BCUT2D eigenvalue weighted by atomic mass is 10.1. The minimum absolute atomic E-state index is 0.101. The molecule has 2 N–H and O–H groups in total. The minimum Gasteiger partial charge on any atom is -0.337 e. The van der Waals surface area contributed by atoms with Crippen LogP contribution in [0.25, 0.3) is 0 Å². The Kier molecular flexibility index (Phi) is 5.97. The first kappa shape index (κ1) is 19.1. The van der Waals surface area contributed by atoms with Crippen molar-refractivity contribution in [2.75, 3.05) is 13.1 Å². The van der Waals surface area contributed by atoms with Crippen molar-refractivity contribution in [1.82, 2.24) is 19.8 Å². The number of hydrogen-bond donors (Lipinski definition) is 2. The third kappa shape index (κ3) is 4.90. The molecule has 136 valence electrons. The average Bonchev–Trinajstić information content (AvgIpc) is 2.85. The fourth-order valence-electron chi connectivity index (χ4n) is 2.70. The van der Waals surface area contributed by atoms with Crippen molar-refractivity contribution in [3.63, 3.8) is 0 Å². The zero-order chi connectivity index (χ0) is 18.6. The molecule has 1 aromatic carbocycles. The van der Waals surface area contributed by atoms with Crippen molar-refractivity contribution in [1.29, 1.82) is 0 Å². The molecule has 0 aliphatic carbocycles. The summed E-state index contributed by atoms with van der Waals surface area (Å²) >= 11 is 0. The van der Waals surface area contributed by atoms with Crippen molar-refractivity contribution in [3.8, 4) is 0 Å². The molecule has 0 radical (unpaired) electrons. The first-order valence-electron chi connectivity index (χ1n) is 8.03. The molecule has 2 rings (SSSR count). The maximum absolute atomic E-state index is 12.4. The third-order valence-electron chi connectivity index (χ3n) is 3.90. The Morgan fingerprint density at radius 3 is 2.56 bits per heavy atom. The van der Waals surface area contributed by atoms with E-state index in [2.05, 4.69) is 14.9 Å². The van der Waals surface area contributed by atoms with Gasteiger partial charge in [0.1, 0.15) is 4.90 Å². The average molecular weight is 364 g/mol. The molecule has 0 aliphatic rings. The molecular formula is C17H24N4O3S.